The molecule has 0 spiro atoms. The van der Waals surface area contributed by atoms with E-state index in [9.17, 15) is 14.4 Å². The van der Waals surface area contributed by atoms with Crippen LogP contribution in [-0.2, 0) is 9.59 Å². The number of amides is 3. The number of benzene rings is 4. The highest BCUT2D eigenvalue weighted by atomic mass is 35.5. The van der Waals surface area contributed by atoms with Gasteiger partial charge in [-0.1, -0.05) is 66.2 Å². The maximum absolute atomic E-state index is 13.3. The summed E-state index contributed by atoms with van der Waals surface area (Å²) >= 11 is 7.45. The van der Waals surface area contributed by atoms with Gasteiger partial charge >= 0.3 is 0 Å². The van der Waals surface area contributed by atoms with E-state index in [1.807, 2.05) is 42.5 Å². The Labute approximate surface area is 230 Å². The molecule has 0 bridgehead atoms. The van der Waals surface area contributed by atoms with Crippen molar-refractivity contribution in [3.05, 3.63) is 131 Å². The second-order valence-electron chi connectivity index (χ2n) is 8.12. The Hall–Kier alpha value is -4.33. The van der Waals surface area contributed by atoms with Crippen molar-refractivity contribution < 1.29 is 14.4 Å². The molecule has 0 aliphatic heterocycles. The van der Waals surface area contributed by atoms with E-state index in [1.54, 1.807) is 72.8 Å². The zero-order chi connectivity index (χ0) is 26.7. The first-order chi connectivity index (χ1) is 18.5. The average Bonchev–Trinajstić information content (AvgIpc) is 2.93. The van der Waals surface area contributed by atoms with Gasteiger partial charge in [0.15, 0.2) is 0 Å². The monoisotopic (exact) mass is 541 g/mol. The van der Waals surface area contributed by atoms with Crippen LogP contribution in [0.2, 0.25) is 5.02 Å². The first-order valence-electron chi connectivity index (χ1n) is 11.7. The van der Waals surface area contributed by atoms with E-state index in [-0.39, 0.29) is 17.4 Å². The SMILES string of the molecule is O=C(CSc1cccc(NC(=O)/C(=C/c2cccc(Cl)c2)NC(=O)c2ccccc2)c1)Nc1ccccc1. The predicted octanol–water partition coefficient (Wildman–Crippen LogP) is 6.48. The number of hydrogen-bond acceptors (Lipinski definition) is 4. The highest BCUT2D eigenvalue weighted by Crippen LogP contribution is 2.23. The molecule has 38 heavy (non-hydrogen) atoms. The lowest BCUT2D eigenvalue weighted by molar-refractivity contribution is -0.114. The summed E-state index contributed by atoms with van der Waals surface area (Å²) < 4.78 is 0. The Morgan fingerprint density at radius 1 is 0.737 bits per heavy atom. The maximum atomic E-state index is 13.3. The van der Waals surface area contributed by atoms with Gasteiger partial charge in [0.05, 0.1) is 5.75 Å². The highest BCUT2D eigenvalue weighted by Gasteiger charge is 2.15. The van der Waals surface area contributed by atoms with Gasteiger partial charge in [0, 0.05) is 26.9 Å². The summed E-state index contributed by atoms with van der Waals surface area (Å²) in [4.78, 5) is 39.2. The minimum atomic E-state index is -0.502. The van der Waals surface area contributed by atoms with Crippen LogP contribution < -0.4 is 16.0 Å². The van der Waals surface area contributed by atoms with Crippen LogP contribution in [0.1, 0.15) is 15.9 Å². The highest BCUT2D eigenvalue weighted by molar-refractivity contribution is 8.00. The van der Waals surface area contributed by atoms with Crippen molar-refractivity contribution in [2.75, 3.05) is 16.4 Å². The third-order valence-corrected chi connectivity index (χ3v) is 6.44. The van der Waals surface area contributed by atoms with Crippen molar-refractivity contribution in [2.24, 2.45) is 0 Å². The van der Waals surface area contributed by atoms with E-state index < -0.39 is 11.8 Å². The summed E-state index contributed by atoms with van der Waals surface area (Å²) in [6.07, 6.45) is 1.56. The third kappa shape index (κ3) is 8.09. The van der Waals surface area contributed by atoms with Crippen LogP contribution in [0.15, 0.2) is 120 Å². The fourth-order valence-electron chi connectivity index (χ4n) is 3.43. The molecule has 0 aliphatic rings. The number of rotatable bonds is 9. The van der Waals surface area contributed by atoms with Crippen molar-refractivity contribution in [1.29, 1.82) is 0 Å². The van der Waals surface area contributed by atoms with Crippen molar-refractivity contribution in [2.45, 2.75) is 4.90 Å². The van der Waals surface area contributed by atoms with Crippen LogP contribution in [-0.4, -0.2) is 23.5 Å². The van der Waals surface area contributed by atoms with Gasteiger partial charge in [-0.2, -0.15) is 0 Å². The Morgan fingerprint density at radius 3 is 2.16 bits per heavy atom. The molecule has 0 radical (unpaired) electrons. The van der Waals surface area contributed by atoms with Crippen molar-refractivity contribution >= 4 is 58.5 Å². The fourth-order valence-corrected chi connectivity index (χ4v) is 4.39. The molecule has 0 heterocycles. The van der Waals surface area contributed by atoms with Crippen molar-refractivity contribution in [1.82, 2.24) is 5.32 Å². The molecule has 6 nitrogen and oxygen atoms in total. The van der Waals surface area contributed by atoms with Gasteiger partial charge in [0.25, 0.3) is 11.8 Å². The summed E-state index contributed by atoms with van der Waals surface area (Å²) in [6, 6.07) is 32.0. The molecular weight excluding hydrogens is 518 g/mol. The van der Waals surface area contributed by atoms with Gasteiger partial charge in [0.2, 0.25) is 5.91 Å². The molecule has 0 saturated heterocycles. The lowest BCUT2D eigenvalue weighted by atomic mass is 10.1. The molecular formula is C30H24ClN3O3S. The first-order valence-corrected chi connectivity index (χ1v) is 13.1. The molecule has 0 fully saturated rings. The van der Waals surface area contributed by atoms with Crippen LogP contribution in [0.4, 0.5) is 11.4 Å². The van der Waals surface area contributed by atoms with E-state index >= 15 is 0 Å². The zero-order valence-electron chi connectivity index (χ0n) is 20.2. The maximum Gasteiger partial charge on any atom is 0.272 e. The quantitative estimate of drug-likeness (QED) is 0.167. The molecule has 0 atom stereocenters. The smallest absolute Gasteiger partial charge is 0.272 e. The molecule has 0 unspecified atom stereocenters. The second-order valence-corrected chi connectivity index (χ2v) is 9.60. The Morgan fingerprint density at radius 2 is 1.42 bits per heavy atom. The standard InChI is InChI=1S/C30H24ClN3O3S/c31-23-12-7-9-21(17-23)18-27(34-29(36)22-10-3-1-4-11-22)30(37)33-25-15-8-16-26(19-25)38-20-28(35)32-24-13-5-2-6-14-24/h1-19H,20H2,(H,32,35)(H,33,37)(H,34,36)/b27-18-. The number of nitrogens with one attached hydrogen (secondary N) is 3. The molecule has 3 amide bonds. The Kier molecular flexibility index (Phi) is 9.34. The number of anilines is 2. The molecule has 190 valence electrons. The predicted molar refractivity (Wildman–Crippen MR) is 154 cm³/mol. The third-order valence-electron chi connectivity index (χ3n) is 5.21. The minimum absolute atomic E-state index is 0.0569. The Balaban J connectivity index is 1.46. The normalized spacial score (nSPS) is 10.9. The van der Waals surface area contributed by atoms with Crippen LogP contribution in [0, 0.1) is 0 Å². The van der Waals surface area contributed by atoms with E-state index in [4.69, 9.17) is 11.6 Å². The number of para-hydroxylation sites is 1. The second kappa shape index (κ2) is 13.3. The topological polar surface area (TPSA) is 87.3 Å². The first kappa shape index (κ1) is 26.7. The molecule has 3 N–H and O–H groups in total. The van der Waals surface area contributed by atoms with Crippen molar-refractivity contribution in [3.63, 3.8) is 0 Å². The molecule has 0 aromatic heterocycles. The molecule has 0 saturated carbocycles. The van der Waals surface area contributed by atoms with E-state index in [0.717, 1.165) is 10.6 Å². The van der Waals surface area contributed by atoms with Gasteiger partial charge < -0.3 is 16.0 Å². The summed E-state index contributed by atoms with van der Waals surface area (Å²) in [6.45, 7) is 0. The average molecular weight is 542 g/mol. The summed E-state index contributed by atoms with van der Waals surface area (Å²) in [7, 11) is 0. The number of carbonyl (C=O) groups is 3. The Bertz CT molecular complexity index is 1460. The molecule has 0 aliphatic carbocycles. The lowest BCUT2D eigenvalue weighted by Gasteiger charge is -2.12. The van der Waals surface area contributed by atoms with Gasteiger partial charge in [0.1, 0.15) is 5.70 Å². The van der Waals surface area contributed by atoms with Crippen LogP contribution >= 0.6 is 23.4 Å². The van der Waals surface area contributed by atoms with Crippen LogP contribution in [0.5, 0.6) is 0 Å². The molecule has 4 aromatic carbocycles. The van der Waals surface area contributed by atoms with E-state index in [2.05, 4.69) is 16.0 Å². The summed E-state index contributed by atoms with van der Waals surface area (Å²) in [5.74, 6) is -0.841. The molecule has 8 heteroatoms. The minimum Gasteiger partial charge on any atom is -0.325 e. The largest absolute Gasteiger partial charge is 0.325 e. The van der Waals surface area contributed by atoms with Gasteiger partial charge in [-0.3, -0.25) is 14.4 Å². The number of carbonyl (C=O) groups excluding carboxylic acids is 3. The zero-order valence-corrected chi connectivity index (χ0v) is 21.8. The van der Waals surface area contributed by atoms with Crippen molar-refractivity contribution in [3.8, 4) is 0 Å². The summed E-state index contributed by atoms with van der Waals surface area (Å²) in [5.41, 5.74) is 2.39. The van der Waals surface area contributed by atoms with E-state index in [1.165, 1.54) is 11.8 Å². The molecule has 4 aromatic rings. The number of hydrogen-bond donors (Lipinski definition) is 3. The lowest BCUT2D eigenvalue weighted by Crippen LogP contribution is -2.30. The van der Waals surface area contributed by atoms with E-state index in [0.29, 0.717) is 21.8 Å². The molecule has 4 rings (SSSR count). The summed E-state index contributed by atoms with van der Waals surface area (Å²) in [5, 5.41) is 8.90. The van der Waals surface area contributed by atoms with Crippen LogP contribution in [0.25, 0.3) is 6.08 Å². The van der Waals surface area contributed by atoms with Crippen LogP contribution in [0.3, 0.4) is 0 Å². The fraction of sp³-hybridized carbons (Fsp3) is 0.0333. The van der Waals surface area contributed by atoms with Gasteiger partial charge in [-0.25, -0.2) is 0 Å². The number of halogens is 1. The van der Waals surface area contributed by atoms with Gasteiger partial charge in [-0.15, -0.1) is 11.8 Å². The van der Waals surface area contributed by atoms with Gasteiger partial charge in [-0.05, 0) is 66.2 Å². The number of thioether (sulfide) groups is 1.